The standard InChI is InChI=1S/C15H14N2O/c1-11(12-6-3-2-4-7-12)18-14-9-5-8-13(10-16)15(14)17/h2-9,11H,17H2,1H3. The van der Waals surface area contributed by atoms with Gasteiger partial charge in [0.25, 0.3) is 0 Å². The molecular weight excluding hydrogens is 224 g/mol. The van der Waals surface area contributed by atoms with Gasteiger partial charge in [0.05, 0.1) is 11.3 Å². The van der Waals surface area contributed by atoms with Crippen molar-refractivity contribution >= 4 is 5.69 Å². The van der Waals surface area contributed by atoms with Gasteiger partial charge in [-0.2, -0.15) is 5.26 Å². The lowest BCUT2D eigenvalue weighted by atomic mass is 10.1. The Morgan fingerprint density at radius 2 is 1.83 bits per heavy atom. The second-order valence-corrected chi connectivity index (χ2v) is 4.00. The third-order valence-corrected chi connectivity index (χ3v) is 2.76. The topological polar surface area (TPSA) is 59.0 Å². The first-order chi connectivity index (χ1) is 8.72. The quantitative estimate of drug-likeness (QED) is 0.835. The van der Waals surface area contributed by atoms with E-state index >= 15 is 0 Å². The summed E-state index contributed by atoms with van der Waals surface area (Å²) < 4.78 is 5.80. The van der Waals surface area contributed by atoms with Crippen LogP contribution in [0.1, 0.15) is 24.2 Å². The smallest absolute Gasteiger partial charge is 0.144 e. The summed E-state index contributed by atoms with van der Waals surface area (Å²) in [6.45, 7) is 1.95. The summed E-state index contributed by atoms with van der Waals surface area (Å²) in [5.41, 5.74) is 7.77. The number of ether oxygens (including phenoxy) is 1. The van der Waals surface area contributed by atoms with Crippen LogP contribution >= 0.6 is 0 Å². The second kappa shape index (κ2) is 5.24. The van der Waals surface area contributed by atoms with E-state index in [-0.39, 0.29) is 6.10 Å². The van der Waals surface area contributed by atoms with Crippen LogP contribution in [0, 0.1) is 11.3 Å². The fourth-order valence-electron chi connectivity index (χ4n) is 1.73. The fraction of sp³-hybridized carbons (Fsp3) is 0.133. The Labute approximate surface area is 106 Å². The minimum Gasteiger partial charge on any atom is -0.484 e. The second-order valence-electron chi connectivity index (χ2n) is 4.00. The van der Waals surface area contributed by atoms with Gasteiger partial charge < -0.3 is 10.5 Å². The SMILES string of the molecule is CC(Oc1cccc(C#N)c1N)c1ccccc1. The van der Waals surface area contributed by atoms with Crippen molar-refractivity contribution in [3.63, 3.8) is 0 Å². The molecule has 0 radical (unpaired) electrons. The molecule has 0 heterocycles. The molecule has 3 nitrogen and oxygen atoms in total. The third kappa shape index (κ3) is 2.44. The van der Waals surface area contributed by atoms with Gasteiger partial charge in [-0.15, -0.1) is 0 Å². The van der Waals surface area contributed by atoms with Crippen LogP contribution in [-0.2, 0) is 0 Å². The van der Waals surface area contributed by atoms with Crippen LogP contribution in [0.2, 0.25) is 0 Å². The Kier molecular flexibility index (Phi) is 3.49. The van der Waals surface area contributed by atoms with Crippen LogP contribution in [0.4, 0.5) is 5.69 Å². The Morgan fingerprint density at radius 3 is 2.50 bits per heavy atom. The van der Waals surface area contributed by atoms with Crippen LogP contribution in [0.15, 0.2) is 48.5 Å². The minimum atomic E-state index is -0.109. The van der Waals surface area contributed by atoms with Crippen LogP contribution in [0.25, 0.3) is 0 Å². The van der Waals surface area contributed by atoms with Crippen molar-refractivity contribution in [3.05, 3.63) is 59.7 Å². The first-order valence-electron chi connectivity index (χ1n) is 5.72. The van der Waals surface area contributed by atoms with E-state index in [2.05, 4.69) is 0 Å². The number of benzene rings is 2. The average Bonchev–Trinajstić information content (AvgIpc) is 2.42. The van der Waals surface area contributed by atoms with Crippen LogP contribution < -0.4 is 10.5 Å². The molecule has 2 N–H and O–H groups in total. The van der Waals surface area contributed by atoms with Gasteiger partial charge in [-0.25, -0.2) is 0 Å². The molecule has 0 aliphatic rings. The monoisotopic (exact) mass is 238 g/mol. The van der Waals surface area contributed by atoms with Gasteiger partial charge in [0.2, 0.25) is 0 Å². The number of para-hydroxylation sites is 1. The van der Waals surface area contributed by atoms with Crippen molar-refractivity contribution in [1.29, 1.82) is 5.26 Å². The Balaban J connectivity index is 2.23. The van der Waals surface area contributed by atoms with Gasteiger partial charge in [0.1, 0.15) is 17.9 Å². The van der Waals surface area contributed by atoms with Gasteiger partial charge in [0.15, 0.2) is 0 Å². The van der Waals surface area contributed by atoms with Crippen molar-refractivity contribution < 1.29 is 4.74 Å². The van der Waals surface area contributed by atoms with Gasteiger partial charge in [0, 0.05) is 0 Å². The van der Waals surface area contributed by atoms with E-state index in [1.165, 1.54) is 0 Å². The molecule has 0 aliphatic carbocycles. The van der Waals surface area contributed by atoms with E-state index in [4.69, 9.17) is 15.7 Å². The van der Waals surface area contributed by atoms with E-state index < -0.39 is 0 Å². The number of hydrogen-bond donors (Lipinski definition) is 1. The van der Waals surface area contributed by atoms with Gasteiger partial charge in [-0.3, -0.25) is 0 Å². The molecule has 0 saturated heterocycles. The molecule has 18 heavy (non-hydrogen) atoms. The van der Waals surface area contributed by atoms with Gasteiger partial charge >= 0.3 is 0 Å². The molecule has 0 spiro atoms. The van der Waals surface area contributed by atoms with Crippen LogP contribution in [0.3, 0.4) is 0 Å². The van der Waals surface area contributed by atoms with Crippen molar-refractivity contribution in [2.24, 2.45) is 0 Å². The predicted molar refractivity (Wildman–Crippen MR) is 71.1 cm³/mol. The number of nitrogens with two attached hydrogens (primary N) is 1. The molecule has 0 aromatic heterocycles. The maximum atomic E-state index is 8.91. The highest BCUT2D eigenvalue weighted by Gasteiger charge is 2.10. The zero-order valence-corrected chi connectivity index (χ0v) is 10.1. The van der Waals surface area contributed by atoms with Crippen molar-refractivity contribution in [1.82, 2.24) is 0 Å². The zero-order valence-electron chi connectivity index (χ0n) is 10.1. The molecule has 0 saturated carbocycles. The molecule has 3 heteroatoms. The lowest BCUT2D eigenvalue weighted by Crippen LogP contribution is -2.05. The maximum Gasteiger partial charge on any atom is 0.144 e. The summed E-state index contributed by atoms with van der Waals surface area (Å²) >= 11 is 0. The summed E-state index contributed by atoms with van der Waals surface area (Å²) in [5, 5.41) is 8.91. The predicted octanol–water partition coefficient (Wildman–Crippen LogP) is 3.28. The summed E-state index contributed by atoms with van der Waals surface area (Å²) in [4.78, 5) is 0. The molecule has 0 fully saturated rings. The highest BCUT2D eigenvalue weighted by Crippen LogP contribution is 2.29. The summed E-state index contributed by atoms with van der Waals surface area (Å²) in [5.74, 6) is 0.547. The summed E-state index contributed by atoms with van der Waals surface area (Å²) in [6, 6.07) is 17.1. The Morgan fingerprint density at radius 1 is 1.11 bits per heavy atom. The summed E-state index contributed by atoms with van der Waals surface area (Å²) in [6.07, 6.45) is -0.109. The fourth-order valence-corrected chi connectivity index (χ4v) is 1.73. The Bertz CT molecular complexity index is 573. The number of anilines is 1. The van der Waals surface area contributed by atoms with Crippen molar-refractivity contribution in [2.45, 2.75) is 13.0 Å². The maximum absolute atomic E-state index is 8.91. The van der Waals surface area contributed by atoms with Gasteiger partial charge in [-0.1, -0.05) is 36.4 Å². The molecular formula is C15H14N2O. The number of nitrogens with zero attached hydrogens (tertiary/aromatic N) is 1. The first kappa shape index (κ1) is 12.0. The van der Waals surface area contributed by atoms with Gasteiger partial charge in [-0.05, 0) is 24.6 Å². The number of hydrogen-bond acceptors (Lipinski definition) is 3. The molecule has 0 bridgehead atoms. The molecule has 2 rings (SSSR count). The number of nitrogen functional groups attached to an aromatic ring is 1. The highest BCUT2D eigenvalue weighted by atomic mass is 16.5. The average molecular weight is 238 g/mol. The first-order valence-corrected chi connectivity index (χ1v) is 5.72. The third-order valence-electron chi connectivity index (χ3n) is 2.76. The molecule has 0 amide bonds. The van der Waals surface area contributed by atoms with E-state index in [0.29, 0.717) is 17.0 Å². The highest BCUT2D eigenvalue weighted by molar-refractivity contribution is 5.63. The lowest BCUT2D eigenvalue weighted by Gasteiger charge is -2.16. The van der Waals surface area contributed by atoms with E-state index in [0.717, 1.165) is 5.56 Å². The normalized spacial score (nSPS) is 11.6. The molecule has 1 unspecified atom stereocenters. The summed E-state index contributed by atoms with van der Waals surface area (Å²) in [7, 11) is 0. The van der Waals surface area contributed by atoms with Crippen LogP contribution in [0.5, 0.6) is 5.75 Å². The van der Waals surface area contributed by atoms with E-state index in [1.54, 1.807) is 18.2 Å². The molecule has 90 valence electrons. The zero-order chi connectivity index (χ0) is 13.0. The molecule has 2 aromatic rings. The largest absolute Gasteiger partial charge is 0.484 e. The van der Waals surface area contributed by atoms with Crippen molar-refractivity contribution in [2.75, 3.05) is 5.73 Å². The molecule has 2 aromatic carbocycles. The van der Waals surface area contributed by atoms with Crippen LogP contribution in [-0.4, -0.2) is 0 Å². The molecule has 0 aliphatic heterocycles. The Hall–Kier alpha value is -2.47. The van der Waals surface area contributed by atoms with E-state index in [9.17, 15) is 0 Å². The molecule has 1 atom stereocenters. The minimum absolute atomic E-state index is 0.109. The number of nitriles is 1. The van der Waals surface area contributed by atoms with Crippen molar-refractivity contribution in [3.8, 4) is 11.8 Å². The lowest BCUT2D eigenvalue weighted by molar-refractivity contribution is 0.228. The number of rotatable bonds is 3. The van der Waals surface area contributed by atoms with E-state index in [1.807, 2.05) is 43.3 Å².